The molecule has 0 aliphatic heterocycles. The van der Waals surface area contributed by atoms with E-state index in [0.29, 0.717) is 29.4 Å². The number of hydrogen-bond donors (Lipinski definition) is 2. The Morgan fingerprint density at radius 1 is 0.946 bits per heavy atom. The first-order valence-electron chi connectivity index (χ1n) is 12.3. The molecule has 0 saturated carbocycles. The average Bonchev–Trinajstić information content (AvgIpc) is 3.32. The number of anilines is 2. The molecule has 37 heavy (non-hydrogen) atoms. The molecule has 0 atom stereocenters. The van der Waals surface area contributed by atoms with Crippen LogP contribution in [-0.4, -0.2) is 39.7 Å². The van der Waals surface area contributed by atoms with Crippen LogP contribution in [0.1, 0.15) is 25.3 Å². The third-order valence-corrected chi connectivity index (χ3v) is 5.91. The first-order chi connectivity index (χ1) is 17.9. The van der Waals surface area contributed by atoms with E-state index in [9.17, 15) is 14.0 Å². The monoisotopic (exact) mass is 499 g/mol. The summed E-state index contributed by atoms with van der Waals surface area (Å²) < 4.78 is 15.1. The third-order valence-electron chi connectivity index (χ3n) is 5.91. The summed E-state index contributed by atoms with van der Waals surface area (Å²) in [7, 11) is 0. The Bertz CT molecular complexity index is 1350. The van der Waals surface area contributed by atoms with Crippen molar-refractivity contribution in [2.24, 2.45) is 0 Å². The largest absolute Gasteiger partial charge is 0.322 e. The third kappa shape index (κ3) is 6.61. The lowest BCUT2D eigenvalue weighted by Crippen LogP contribution is -2.41. The van der Waals surface area contributed by atoms with Crippen LogP contribution in [-0.2, 0) is 4.79 Å². The van der Waals surface area contributed by atoms with Crippen molar-refractivity contribution in [3.8, 4) is 16.9 Å². The number of hydrogen-bond acceptors (Lipinski definition) is 3. The van der Waals surface area contributed by atoms with Crippen LogP contribution in [0, 0.1) is 12.7 Å². The molecule has 3 aromatic carbocycles. The smallest absolute Gasteiger partial charge is 0.315 e. The summed E-state index contributed by atoms with van der Waals surface area (Å²) in [6, 6.07) is 24.4. The quantitative estimate of drug-likeness (QED) is 0.285. The van der Waals surface area contributed by atoms with Gasteiger partial charge in [-0.15, -0.1) is 0 Å². The van der Waals surface area contributed by atoms with Gasteiger partial charge < -0.3 is 15.5 Å². The molecule has 3 amide bonds. The highest BCUT2D eigenvalue weighted by atomic mass is 19.1. The van der Waals surface area contributed by atoms with Gasteiger partial charge in [-0.3, -0.25) is 4.79 Å². The summed E-state index contributed by atoms with van der Waals surface area (Å²) in [5.41, 5.74) is 3.77. The highest BCUT2D eigenvalue weighted by Crippen LogP contribution is 2.25. The predicted molar refractivity (Wildman–Crippen MR) is 144 cm³/mol. The normalized spacial score (nSPS) is 10.7. The van der Waals surface area contributed by atoms with E-state index in [1.54, 1.807) is 22.9 Å². The molecular formula is C29H30FN5O2. The Hall–Kier alpha value is -4.46. The van der Waals surface area contributed by atoms with E-state index < -0.39 is 0 Å². The minimum atomic E-state index is -0.365. The molecule has 7 nitrogen and oxygen atoms in total. The fourth-order valence-corrected chi connectivity index (χ4v) is 3.86. The van der Waals surface area contributed by atoms with Crippen molar-refractivity contribution in [2.75, 3.05) is 23.7 Å². The molecule has 4 rings (SSSR count). The summed E-state index contributed by atoms with van der Waals surface area (Å²) in [4.78, 5) is 27.7. The Kier molecular flexibility index (Phi) is 8.30. The van der Waals surface area contributed by atoms with Crippen LogP contribution < -0.4 is 10.6 Å². The zero-order valence-electron chi connectivity index (χ0n) is 20.9. The number of urea groups is 1. The first kappa shape index (κ1) is 25.6. The van der Waals surface area contributed by atoms with Crippen LogP contribution in [0.15, 0.2) is 84.9 Å². The number of carbonyl (C=O) groups excluding carboxylic acids is 2. The molecule has 0 spiro atoms. The van der Waals surface area contributed by atoms with Crippen LogP contribution >= 0.6 is 0 Å². The predicted octanol–water partition coefficient (Wildman–Crippen LogP) is 6.26. The molecule has 2 N–H and O–H groups in total. The van der Waals surface area contributed by atoms with Crippen molar-refractivity contribution >= 4 is 23.4 Å². The molecule has 0 aliphatic rings. The second-order valence-electron chi connectivity index (χ2n) is 8.74. The Balaban J connectivity index is 1.56. The number of carbonyl (C=O) groups is 2. The molecule has 0 saturated heterocycles. The van der Waals surface area contributed by atoms with Crippen molar-refractivity contribution in [3.63, 3.8) is 0 Å². The lowest BCUT2D eigenvalue weighted by atomic mass is 10.1. The van der Waals surface area contributed by atoms with Crippen molar-refractivity contribution in [1.82, 2.24) is 14.7 Å². The molecule has 0 bridgehead atoms. The highest BCUT2D eigenvalue weighted by molar-refractivity contribution is 5.97. The van der Waals surface area contributed by atoms with Crippen molar-refractivity contribution in [3.05, 3.63) is 96.3 Å². The molecule has 8 heteroatoms. The Morgan fingerprint density at radius 2 is 1.65 bits per heavy atom. The molecule has 4 aromatic rings. The Labute approximate surface area is 215 Å². The minimum Gasteiger partial charge on any atom is -0.315 e. The van der Waals surface area contributed by atoms with Gasteiger partial charge in [-0.25, -0.2) is 13.9 Å². The number of aromatic nitrogens is 2. The number of nitrogens with one attached hydrogen (secondary N) is 2. The molecule has 0 fully saturated rings. The standard InChI is InChI=1S/C29H30FN5O2/c1-3-4-18-34(29(37)31-25-13-9-8-10-21(25)2)20-28(36)32-27-19-26(22-11-6-5-7-12-22)33-35(27)24-16-14-23(30)15-17-24/h5-17,19H,3-4,18,20H2,1-2H3,(H,31,37)(H,32,36). The van der Waals surface area contributed by atoms with Gasteiger partial charge in [0.05, 0.1) is 11.4 Å². The van der Waals surface area contributed by atoms with Gasteiger partial charge >= 0.3 is 6.03 Å². The van der Waals surface area contributed by atoms with Crippen molar-refractivity contribution < 1.29 is 14.0 Å². The van der Waals surface area contributed by atoms with E-state index in [4.69, 9.17) is 0 Å². The number of amides is 3. The van der Waals surface area contributed by atoms with Gasteiger partial charge in [0.25, 0.3) is 0 Å². The van der Waals surface area contributed by atoms with Crippen LogP contribution in [0.25, 0.3) is 16.9 Å². The van der Waals surface area contributed by atoms with Gasteiger partial charge in [0.15, 0.2) is 0 Å². The van der Waals surface area contributed by atoms with Gasteiger partial charge in [-0.2, -0.15) is 5.10 Å². The van der Waals surface area contributed by atoms with Crippen molar-refractivity contribution in [2.45, 2.75) is 26.7 Å². The minimum absolute atomic E-state index is 0.132. The summed E-state index contributed by atoms with van der Waals surface area (Å²) in [6.45, 7) is 4.25. The molecule has 1 heterocycles. The van der Waals surface area contributed by atoms with Gasteiger partial charge in [0, 0.05) is 23.9 Å². The maximum atomic E-state index is 13.5. The number of nitrogens with zero attached hydrogens (tertiary/aromatic N) is 3. The molecule has 190 valence electrons. The zero-order valence-corrected chi connectivity index (χ0v) is 20.9. The number of unbranched alkanes of at least 4 members (excludes halogenated alkanes) is 1. The van der Waals surface area contributed by atoms with Gasteiger partial charge in [0.2, 0.25) is 5.91 Å². The van der Waals surface area contributed by atoms with E-state index in [1.807, 2.05) is 68.4 Å². The zero-order chi connectivity index (χ0) is 26.2. The molecule has 0 unspecified atom stereocenters. The fraction of sp³-hybridized carbons (Fsp3) is 0.207. The van der Waals surface area contributed by atoms with E-state index in [-0.39, 0.29) is 24.3 Å². The number of aryl methyl sites for hydroxylation is 1. The summed E-state index contributed by atoms with van der Waals surface area (Å²) in [5.74, 6) is -0.305. The molecule has 1 aromatic heterocycles. The topological polar surface area (TPSA) is 79.3 Å². The number of benzene rings is 3. The highest BCUT2D eigenvalue weighted by Gasteiger charge is 2.20. The number of halogens is 1. The van der Waals surface area contributed by atoms with Gasteiger partial charge in [-0.05, 0) is 49.2 Å². The van der Waals surface area contributed by atoms with Crippen LogP contribution in [0.2, 0.25) is 0 Å². The number of para-hydroxylation sites is 1. The van der Waals surface area contributed by atoms with Crippen LogP contribution in [0.4, 0.5) is 20.7 Å². The van der Waals surface area contributed by atoms with Gasteiger partial charge in [-0.1, -0.05) is 61.9 Å². The number of rotatable bonds is 9. The second kappa shape index (κ2) is 12.0. The lowest BCUT2D eigenvalue weighted by molar-refractivity contribution is -0.116. The maximum Gasteiger partial charge on any atom is 0.322 e. The van der Waals surface area contributed by atoms with E-state index in [2.05, 4.69) is 15.7 Å². The molecule has 0 radical (unpaired) electrons. The van der Waals surface area contributed by atoms with E-state index in [0.717, 1.165) is 24.0 Å². The molecular weight excluding hydrogens is 469 g/mol. The SMILES string of the molecule is CCCCN(CC(=O)Nc1cc(-c2ccccc2)nn1-c1ccc(F)cc1)C(=O)Nc1ccccc1C. The lowest BCUT2D eigenvalue weighted by Gasteiger charge is -2.23. The average molecular weight is 500 g/mol. The van der Waals surface area contributed by atoms with Crippen LogP contribution in [0.3, 0.4) is 0 Å². The van der Waals surface area contributed by atoms with Gasteiger partial charge in [0.1, 0.15) is 18.2 Å². The second-order valence-corrected chi connectivity index (χ2v) is 8.74. The summed E-state index contributed by atoms with van der Waals surface area (Å²) >= 11 is 0. The summed E-state index contributed by atoms with van der Waals surface area (Å²) in [5, 5.41) is 10.5. The van der Waals surface area contributed by atoms with E-state index in [1.165, 1.54) is 17.0 Å². The molecule has 0 aliphatic carbocycles. The Morgan fingerprint density at radius 3 is 2.35 bits per heavy atom. The first-order valence-corrected chi connectivity index (χ1v) is 12.3. The summed E-state index contributed by atoms with van der Waals surface area (Å²) in [6.07, 6.45) is 1.65. The van der Waals surface area contributed by atoms with Crippen LogP contribution in [0.5, 0.6) is 0 Å². The van der Waals surface area contributed by atoms with E-state index >= 15 is 0 Å². The van der Waals surface area contributed by atoms with Crippen molar-refractivity contribution in [1.29, 1.82) is 0 Å². The fourth-order valence-electron chi connectivity index (χ4n) is 3.86. The maximum absolute atomic E-state index is 13.5.